The van der Waals surface area contributed by atoms with Gasteiger partial charge in [-0.3, -0.25) is 28.8 Å². The number of halogens is 1. The maximum absolute atomic E-state index is 13.8. The average molecular weight is 693 g/mol. The van der Waals surface area contributed by atoms with E-state index in [4.69, 9.17) is 23.1 Å². The number of sulfone groups is 1. The normalized spacial score (nSPS) is 16.8. The lowest BCUT2D eigenvalue weighted by Crippen LogP contribution is -2.60. The minimum Gasteiger partial charge on any atom is -0.370 e. The Balaban J connectivity index is 1.89. The van der Waals surface area contributed by atoms with E-state index in [2.05, 4.69) is 16.0 Å². The van der Waals surface area contributed by atoms with Crippen LogP contribution in [0.4, 0.5) is 0 Å². The molecule has 0 aromatic heterocycles. The Hall–Kier alpha value is -4.24. The fourth-order valence-electron chi connectivity index (χ4n) is 5.41. The molecule has 1 aliphatic rings. The van der Waals surface area contributed by atoms with Gasteiger partial charge in [-0.05, 0) is 48.4 Å². The number of nitrogens with zero attached hydrogens (tertiary/aromatic N) is 1. The summed E-state index contributed by atoms with van der Waals surface area (Å²) in [5.41, 5.74) is 11.4. The predicted octanol–water partition coefficient (Wildman–Crippen LogP) is -0.358. The van der Waals surface area contributed by atoms with Gasteiger partial charge in [0.2, 0.25) is 35.4 Å². The Labute approximate surface area is 278 Å². The molecule has 4 atom stereocenters. The third-order valence-electron chi connectivity index (χ3n) is 7.85. The molecule has 6 amide bonds. The number of nitrogens with two attached hydrogens (primary N) is 2. The van der Waals surface area contributed by atoms with Crippen LogP contribution >= 0.6 is 11.6 Å². The summed E-state index contributed by atoms with van der Waals surface area (Å²) in [7, 11) is -3.49. The van der Waals surface area contributed by atoms with Crippen molar-refractivity contribution in [2.24, 2.45) is 11.5 Å². The van der Waals surface area contributed by atoms with E-state index in [-0.39, 0.29) is 44.4 Å². The molecule has 0 unspecified atom stereocenters. The zero-order chi connectivity index (χ0) is 34.7. The Morgan fingerprint density at radius 3 is 2.26 bits per heavy atom. The van der Waals surface area contributed by atoms with E-state index in [0.29, 0.717) is 18.4 Å². The van der Waals surface area contributed by atoms with Crippen LogP contribution in [0.15, 0.2) is 42.5 Å². The molecule has 2 aromatic carbocycles. The van der Waals surface area contributed by atoms with Crippen LogP contribution in [-0.4, -0.2) is 97.4 Å². The molecule has 1 heterocycles. The minimum atomic E-state index is -3.49. The van der Waals surface area contributed by atoms with Crippen molar-refractivity contribution in [1.29, 1.82) is 0 Å². The highest BCUT2D eigenvalue weighted by atomic mass is 35.5. The Kier molecular flexibility index (Phi) is 13.5. The third-order valence-corrected chi connectivity index (χ3v) is 9.07. The number of rotatable bonds is 16. The highest BCUT2D eigenvalue weighted by Crippen LogP contribution is 2.21. The van der Waals surface area contributed by atoms with Crippen molar-refractivity contribution in [2.75, 3.05) is 24.4 Å². The summed E-state index contributed by atoms with van der Waals surface area (Å²) in [6.45, 7) is 0.154. The largest absolute Gasteiger partial charge is 0.370 e. The van der Waals surface area contributed by atoms with Crippen molar-refractivity contribution in [3.05, 3.63) is 48.0 Å². The van der Waals surface area contributed by atoms with Gasteiger partial charge in [-0.15, -0.1) is 11.6 Å². The maximum Gasteiger partial charge on any atom is 0.245 e. The summed E-state index contributed by atoms with van der Waals surface area (Å²) in [6, 6.07) is 8.35. The monoisotopic (exact) mass is 692 g/mol. The van der Waals surface area contributed by atoms with Crippen LogP contribution in [0.2, 0.25) is 0 Å². The number of fused-ring (bicyclic) bond motifs is 1. The Bertz CT molecular complexity index is 1600. The summed E-state index contributed by atoms with van der Waals surface area (Å²) in [5.74, 6) is -5.15. The number of carbonyl (C=O) groups is 6. The molecule has 14 nitrogen and oxygen atoms in total. The third kappa shape index (κ3) is 11.5. The summed E-state index contributed by atoms with van der Waals surface area (Å²) in [4.78, 5) is 77.9. The average Bonchev–Trinajstić information content (AvgIpc) is 3.03. The summed E-state index contributed by atoms with van der Waals surface area (Å²) in [5, 5.41) is 9.56. The number of hydrogen-bond acceptors (Lipinski definition) is 8. The summed E-state index contributed by atoms with van der Waals surface area (Å²) >= 11 is 5.62. The Morgan fingerprint density at radius 1 is 0.915 bits per heavy atom. The topological polar surface area (TPSA) is 228 Å². The zero-order valence-corrected chi connectivity index (χ0v) is 27.6. The molecule has 0 saturated carbocycles. The molecule has 3 rings (SSSR count). The minimum absolute atomic E-state index is 0.00708. The van der Waals surface area contributed by atoms with Gasteiger partial charge in [-0.25, -0.2) is 8.42 Å². The van der Waals surface area contributed by atoms with E-state index >= 15 is 0 Å². The van der Waals surface area contributed by atoms with Crippen LogP contribution in [0.3, 0.4) is 0 Å². The van der Waals surface area contributed by atoms with Crippen LogP contribution in [0, 0.1) is 0 Å². The highest BCUT2D eigenvalue weighted by Gasteiger charge is 2.38. The van der Waals surface area contributed by atoms with Gasteiger partial charge in [0.15, 0.2) is 0 Å². The first-order chi connectivity index (χ1) is 22.2. The molecule has 0 bridgehead atoms. The van der Waals surface area contributed by atoms with Gasteiger partial charge >= 0.3 is 0 Å². The molecular weight excluding hydrogens is 652 g/mol. The number of benzene rings is 2. The lowest BCUT2D eigenvalue weighted by Gasteiger charge is -2.37. The molecule has 0 aliphatic carbocycles. The van der Waals surface area contributed by atoms with Gasteiger partial charge < -0.3 is 32.3 Å². The van der Waals surface area contributed by atoms with E-state index in [1.807, 2.05) is 36.4 Å². The van der Waals surface area contributed by atoms with Crippen molar-refractivity contribution in [3.8, 4) is 0 Å². The molecule has 16 heteroatoms. The van der Waals surface area contributed by atoms with Gasteiger partial charge in [0, 0.05) is 25.6 Å². The molecule has 1 saturated heterocycles. The van der Waals surface area contributed by atoms with Crippen molar-refractivity contribution in [3.63, 3.8) is 0 Å². The molecule has 47 heavy (non-hydrogen) atoms. The molecule has 0 spiro atoms. The van der Waals surface area contributed by atoms with Gasteiger partial charge in [0.25, 0.3) is 0 Å². The van der Waals surface area contributed by atoms with Crippen LogP contribution < -0.4 is 27.4 Å². The number of primary amides is 2. The van der Waals surface area contributed by atoms with Gasteiger partial charge in [-0.1, -0.05) is 42.5 Å². The number of alkyl halides is 1. The van der Waals surface area contributed by atoms with Crippen LogP contribution in [0.1, 0.15) is 44.1 Å². The zero-order valence-electron chi connectivity index (χ0n) is 26.1. The van der Waals surface area contributed by atoms with Crippen molar-refractivity contribution in [1.82, 2.24) is 20.9 Å². The molecule has 2 aromatic rings. The molecule has 1 fully saturated rings. The maximum atomic E-state index is 13.8. The molecular formula is C31H41ClN6O8S. The van der Waals surface area contributed by atoms with E-state index < -0.39 is 75.3 Å². The summed E-state index contributed by atoms with van der Waals surface area (Å²) in [6.07, 6.45) is 1.82. The lowest BCUT2D eigenvalue weighted by atomic mass is 9.97. The number of carbonyl (C=O) groups excluding carboxylic acids is 6. The molecule has 7 N–H and O–H groups in total. The number of amides is 6. The standard InChI is InChI=1S/C31H41ClN6O8S/c1-47(45,46)15-13-23(35-27(40)18-32)31(44)38-14-5-4-8-25(38)30(43)37-24(29(42)36-22(28(34)41)11-12-26(33)39)17-19-9-10-20-6-2-3-7-21(20)16-19/h2-3,6-7,9-10,16,22-25H,4-5,8,11-15,17-18H2,1H3,(H2,33,39)(H2,34,41)(H,35,40)(H,36,42)(H,37,43)/t22-,23-,24-,25-/m0/s1. The van der Waals surface area contributed by atoms with Crippen LogP contribution in [0.25, 0.3) is 10.8 Å². The van der Waals surface area contributed by atoms with Crippen LogP contribution in [0.5, 0.6) is 0 Å². The van der Waals surface area contributed by atoms with Crippen molar-refractivity contribution < 1.29 is 37.2 Å². The first-order valence-corrected chi connectivity index (χ1v) is 17.8. The highest BCUT2D eigenvalue weighted by molar-refractivity contribution is 7.90. The van der Waals surface area contributed by atoms with Crippen molar-refractivity contribution in [2.45, 2.75) is 69.1 Å². The second-order valence-corrected chi connectivity index (χ2v) is 14.2. The van der Waals surface area contributed by atoms with Gasteiger partial charge in [0.05, 0.1) is 5.75 Å². The molecule has 0 radical (unpaired) electrons. The molecule has 1 aliphatic heterocycles. The van der Waals surface area contributed by atoms with E-state index in [1.165, 1.54) is 4.90 Å². The van der Waals surface area contributed by atoms with E-state index in [1.54, 1.807) is 6.07 Å². The van der Waals surface area contributed by atoms with Crippen LogP contribution in [-0.2, 0) is 45.0 Å². The number of nitrogens with one attached hydrogen (secondary N) is 3. The quantitative estimate of drug-likeness (QED) is 0.146. The first kappa shape index (κ1) is 37.2. The fourth-order valence-corrected chi connectivity index (χ4v) is 6.15. The summed E-state index contributed by atoms with van der Waals surface area (Å²) < 4.78 is 23.7. The predicted molar refractivity (Wildman–Crippen MR) is 175 cm³/mol. The van der Waals surface area contributed by atoms with E-state index in [0.717, 1.165) is 17.0 Å². The van der Waals surface area contributed by atoms with Crippen molar-refractivity contribution >= 4 is 67.7 Å². The first-order valence-electron chi connectivity index (χ1n) is 15.2. The van der Waals surface area contributed by atoms with Gasteiger partial charge in [0.1, 0.15) is 39.9 Å². The Morgan fingerprint density at radius 2 is 1.62 bits per heavy atom. The molecule has 256 valence electrons. The SMILES string of the molecule is CS(=O)(=O)CC[C@H](NC(=O)CCl)C(=O)N1CCCC[C@H]1C(=O)N[C@@H](Cc1ccc2ccccc2c1)C(=O)N[C@@H](CCC(N)=O)C(N)=O. The van der Waals surface area contributed by atoms with Gasteiger partial charge in [-0.2, -0.15) is 0 Å². The lowest BCUT2D eigenvalue weighted by molar-refractivity contribution is -0.145. The second-order valence-electron chi connectivity index (χ2n) is 11.6. The number of likely N-dealkylation sites (tertiary alicyclic amines) is 1. The number of hydrogen-bond donors (Lipinski definition) is 5. The number of piperidine rings is 1. The second kappa shape index (κ2) is 17.1. The van der Waals surface area contributed by atoms with E-state index in [9.17, 15) is 37.2 Å². The smallest absolute Gasteiger partial charge is 0.245 e. The fraction of sp³-hybridized carbons (Fsp3) is 0.484.